The second-order valence-electron chi connectivity index (χ2n) is 16.9. The number of piperidine rings is 2. The van der Waals surface area contributed by atoms with Crippen molar-refractivity contribution in [3.8, 4) is 44.4 Å². The Hall–Kier alpha value is -6.78. The highest BCUT2D eigenvalue weighted by Gasteiger charge is 2.21. The number of aromatic nitrogens is 6. The second kappa shape index (κ2) is 24.3. The Labute approximate surface area is 440 Å². The third-order valence-corrected chi connectivity index (χ3v) is 15.5. The summed E-state index contributed by atoms with van der Waals surface area (Å²) in [4.78, 5) is 41.2. The van der Waals surface area contributed by atoms with Crippen LogP contribution in [0.1, 0.15) is 47.2 Å². The maximum atomic E-state index is 12.8. The number of sulfonamides is 1. The van der Waals surface area contributed by atoms with E-state index in [2.05, 4.69) is 61.2 Å². The SMILES string of the molecule is Cc1cc(NS(=O)(=O)c2ccccc2Cl)ccc1Oc1ncsc1-c1ccnc(N[C@H]2CCCNC2)n1.O=C(NCc1ccccc1Cl)c1cccc(Oc2ncsc2-c2ccnc(N[C@H]3CCCNC3)n2)c1. The van der Waals surface area contributed by atoms with Crippen LogP contribution in [0, 0.1) is 6.92 Å². The largest absolute Gasteiger partial charge is 0.437 e. The lowest BCUT2D eigenvalue weighted by atomic mass is 10.1. The van der Waals surface area contributed by atoms with Crippen LogP contribution in [0.2, 0.25) is 10.0 Å². The van der Waals surface area contributed by atoms with E-state index >= 15 is 0 Å². The van der Waals surface area contributed by atoms with E-state index in [0.717, 1.165) is 78.4 Å². The van der Waals surface area contributed by atoms with Gasteiger partial charge in [0.15, 0.2) is 0 Å². The van der Waals surface area contributed by atoms with Gasteiger partial charge in [-0.2, -0.15) is 0 Å². The first-order valence-electron chi connectivity index (χ1n) is 23.4. The van der Waals surface area contributed by atoms with E-state index in [9.17, 15) is 13.2 Å². The lowest BCUT2D eigenvalue weighted by Crippen LogP contribution is -2.38. The number of thiazole rings is 2. The molecule has 6 N–H and O–H groups in total. The summed E-state index contributed by atoms with van der Waals surface area (Å²) in [6, 6.07) is 30.0. The van der Waals surface area contributed by atoms with Gasteiger partial charge in [0.2, 0.25) is 23.7 Å². The molecule has 2 atom stereocenters. The van der Waals surface area contributed by atoms with E-state index in [1.165, 1.54) is 34.8 Å². The Morgan fingerprint density at radius 1 is 0.712 bits per heavy atom. The summed E-state index contributed by atoms with van der Waals surface area (Å²) in [5.74, 6) is 2.83. The summed E-state index contributed by atoms with van der Waals surface area (Å²) < 4.78 is 40.3. The monoisotopic (exact) mass is 1080 g/mol. The van der Waals surface area contributed by atoms with Gasteiger partial charge in [-0.3, -0.25) is 9.52 Å². The van der Waals surface area contributed by atoms with Crippen LogP contribution in [-0.4, -0.2) is 82.5 Å². The number of halogens is 2. The number of amides is 1. The van der Waals surface area contributed by atoms with Crippen molar-refractivity contribution in [2.75, 3.05) is 41.5 Å². The van der Waals surface area contributed by atoms with Gasteiger partial charge >= 0.3 is 0 Å². The summed E-state index contributed by atoms with van der Waals surface area (Å²) in [6.45, 7) is 6.02. The summed E-state index contributed by atoms with van der Waals surface area (Å²) in [5, 5.41) is 17.2. The highest BCUT2D eigenvalue weighted by Crippen LogP contribution is 2.38. The topological polar surface area (TPSA) is 219 Å². The van der Waals surface area contributed by atoms with Crippen molar-refractivity contribution in [2.45, 2.75) is 56.1 Å². The van der Waals surface area contributed by atoms with Crippen LogP contribution >= 0.6 is 45.9 Å². The molecule has 73 heavy (non-hydrogen) atoms. The lowest BCUT2D eigenvalue weighted by molar-refractivity contribution is 0.0950. The van der Waals surface area contributed by atoms with Crippen molar-refractivity contribution in [3.63, 3.8) is 0 Å². The number of aryl methyl sites for hydroxylation is 1. The van der Waals surface area contributed by atoms with E-state index < -0.39 is 10.0 Å². The zero-order valence-corrected chi connectivity index (χ0v) is 43.3. The standard InChI is InChI=1S/C26H25ClN6O2S.C25H25ClN6O3S2/c27-21-9-2-1-5-18(21)14-30-24(34)17-6-3-8-20(13-17)35-25-23(36-16-31-25)22-10-12-29-26(33-22)32-19-7-4-11-28-15-19;1-16-13-17(32-37(33,34)22-7-3-2-6-19(22)26)8-9-21(16)35-24-23(36-15-29-24)20-10-12-28-25(31-20)30-18-5-4-11-27-14-18/h1-3,5-6,8-10,12-13,16,19,28H,4,7,11,14-15H2,(H,30,34)(H,29,32,33);2-3,6-10,12-13,15,18,27,32H,4-5,11,14H2,1H3,(H,28,30,31)/t19-;18-/m00/s1. The third kappa shape index (κ3) is 13.6. The second-order valence-corrected chi connectivity index (χ2v) is 21.1. The fraction of sp³-hybridized carbons (Fsp3) is 0.235. The lowest BCUT2D eigenvalue weighted by Gasteiger charge is -2.23. The molecule has 0 spiro atoms. The van der Waals surface area contributed by atoms with Crippen LogP contribution in [0.25, 0.3) is 21.1 Å². The van der Waals surface area contributed by atoms with E-state index in [1.807, 2.05) is 37.3 Å². The van der Waals surface area contributed by atoms with Crippen molar-refractivity contribution in [1.82, 2.24) is 45.9 Å². The van der Waals surface area contributed by atoms with Gasteiger partial charge in [0.05, 0.1) is 27.4 Å². The van der Waals surface area contributed by atoms with Crippen LogP contribution in [0.15, 0.2) is 131 Å². The van der Waals surface area contributed by atoms with Crippen LogP contribution in [0.3, 0.4) is 0 Å². The molecule has 2 saturated heterocycles. The van der Waals surface area contributed by atoms with E-state index in [4.69, 9.17) is 32.7 Å². The number of anilines is 3. The molecule has 1 amide bonds. The van der Waals surface area contributed by atoms with Gasteiger partial charge < -0.3 is 36.1 Å². The van der Waals surface area contributed by atoms with E-state index in [1.54, 1.807) is 84.1 Å². The molecule has 22 heteroatoms. The normalized spacial score (nSPS) is 15.5. The smallest absolute Gasteiger partial charge is 0.263 e. The van der Waals surface area contributed by atoms with Gasteiger partial charge in [-0.1, -0.05) is 59.6 Å². The maximum Gasteiger partial charge on any atom is 0.263 e. The first-order valence-corrected chi connectivity index (χ1v) is 27.4. The molecular weight excluding hydrogens is 1030 g/mol. The average Bonchev–Trinajstić information content (AvgIpc) is 4.08. The minimum Gasteiger partial charge on any atom is -0.437 e. The number of hydrogen-bond donors (Lipinski definition) is 6. The van der Waals surface area contributed by atoms with Crippen LogP contribution in [-0.2, 0) is 16.6 Å². The number of carbonyl (C=O) groups is 1. The third-order valence-electron chi connectivity index (χ3n) is 11.6. The molecular formula is C51H50Cl2N12O5S3. The Balaban J connectivity index is 0.000000180. The number of rotatable bonds is 16. The van der Waals surface area contributed by atoms with Crippen molar-refractivity contribution in [3.05, 3.63) is 153 Å². The zero-order valence-electron chi connectivity index (χ0n) is 39.3. The molecule has 6 heterocycles. The quantitative estimate of drug-likeness (QED) is 0.0530. The van der Waals surface area contributed by atoms with Crippen LogP contribution in [0.5, 0.6) is 23.3 Å². The number of nitrogens with one attached hydrogen (secondary N) is 6. The van der Waals surface area contributed by atoms with Gasteiger partial charge in [0, 0.05) is 60.4 Å². The van der Waals surface area contributed by atoms with Crippen molar-refractivity contribution >= 4 is 79.4 Å². The predicted molar refractivity (Wildman–Crippen MR) is 288 cm³/mol. The molecule has 0 bridgehead atoms. The fourth-order valence-corrected chi connectivity index (χ4v) is 11.1. The molecule has 0 radical (unpaired) electrons. The van der Waals surface area contributed by atoms with Gasteiger partial charge in [-0.15, -0.1) is 22.7 Å². The number of ether oxygens (including phenoxy) is 2. The van der Waals surface area contributed by atoms with Crippen LogP contribution < -0.4 is 40.8 Å². The van der Waals surface area contributed by atoms with Gasteiger partial charge in [0.25, 0.3) is 15.9 Å². The summed E-state index contributed by atoms with van der Waals surface area (Å²) >= 11 is 15.1. The number of hydrogen-bond acceptors (Lipinski definition) is 17. The van der Waals surface area contributed by atoms with Gasteiger partial charge in [-0.05, 0) is 124 Å². The highest BCUT2D eigenvalue weighted by atomic mass is 35.5. The van der Waals surface area contributed by atoms with Crippen molar-refractivity contribution in [2.24, 2.45) is 0 Å². The molecule has 2 aliphatic heterocycles. The first kappa shape index (κ1) is 51.1. The molecule has 4 aromatic carbocycles. The van der Waals surface area contributed by atoms with Gasteiger partial charge in [0.1, 0.15) is 26.1 Å². The average molecular weight is 1080 g/mol. The number of nitrogens with zero attached hydrogens (tertiary/aromatic N) is 6. The number of benzene rings is 4. The molecule has 8 aromatic rings. The van der Waals surface area contributed by atoms with Crippen molar-refractivity contribution < 1.29 is 22.7 Å². The molecule has 0 saturated carbocycles. The molecule has 4 aromatic heterocycles. The van der Waals surface area contributed by atoms with E-state index in [-0.39, 0.29) is 21.9 Å². The van der Waals surface area contributed by atoms with Crippen LogP contribution in [0.4, 0.5) is 17.6 Å². The summed E-state index contributed by atoms with van der Waals surface area (Å²) in [6.07, 6.45) is 7.84. The highest BCUT2D eigenvalue weighted by molar-refractivity contribution is 7.92. The first-order chi connectivity index (χ1) is 35.5. The Morgan fingerprint density at radius 2 is 1.33 bits per heavy atom. The molecule has 10 rings (SSSR count). The molecule has 17 nitrogen and oxygen atoms in total. The fourth-order valence-electron chi connectivity index (χ4n) is 7.92. The number of carbonyl (C=O) groups excluding carboxylic acids is 1. The molecule has 0 aliphatic carbocycles. The molecule has 0 unspecified atom stereocenters. The minimum atomic E-state index is -3.84. The summed E-state index contributed by atoms with van der Waals surface area (Å²) in [7, 11) is -3.84. The maximum absolute atomic E-state index is 12.8. The summed E-state index contributed by atoms with van der Waals surface area (Å²) in [5.41, 5.74) is 7.30. The predicted octanol–water partition coefficient (Wildman–Crippen LogP) is 10.5. The Bertz CT molecular complexity index is 3280. The Kier molecular flexibility index (Phi) is 17.0. The van der Waals surface area contributed by atoms with E-state index in [0.29, 0.717) is 69.7 Å². The molecule has 2 aliphatic rings. The van der Waals surface area contributed by atoms with Crippen molar-refractivity contribution in [1.29, 1.82) is 0 Å². The molecule has 2 fully saturated rings. The Morgan fingerprint density at radius 3 is 1.93 bits per heavy atom. The molecule has 376 valence electrons. The van der Waals surface area contributed by atoms with Gasteiger partial charge in [-0.25, -0.2) is 38.3 Å². The minimum absolute atomic E-state index is 0.0141. The zero-order chi connectivity index (χ0) is 50.6.